The molecule has 0 aliphatic rings. The van der Waals surface area contributed by atoms with E-state index in [0.29, 0.717) is 22.2 Å². The van der Waals surface area contributed by atoms with Gasteiger partial charge in [0.15, 0.2) is 5.69 Å². The van der Waals surface area contributed by atoms with Crippen molar-refractivity contribution in [2.24, 2.45) is 0 Å². The SMILES string of the molecule is C[S@@](=O)Cc1cc(NC(=O)c2n[nH]c3ccccc23)ccc1Cl. The second-order valence-corrected chi connectivity index (χ2v) is 6.94. The number of halogens is 1. The number of anilines is 1. The topological polar surface area (TPSA) is 74.8 Å². The number of para-hydroxylation sites is 1. The smallest absolute Gasteiger partial charge is 0.276 e. The normalized spacial score (nSPS) is 12.3. The molecule has 7 heteroatoms. The number of carbonyl (C=O) groups excluding carboxylic acids is 1. The number of nitrogens with zero attached hydrogens (tertiary/aromatic N) is 1. The molecule has 0 aliphatic carbocycles. The van der Waals surface area contributed by atoms with Gasteiger partial charge in [0.2, 0.25) is 0 Å². The lowest BCUT2D eigenvalue weighted by molar-refractivity contribution is 0.102. The molecule has 2 N–H and O–H groups in total. The van der Waals surface area contributed by atoms with Gasteiger partial charge in [-0.05, 0) is 29.8 Å². The Morgan fingerprint density at radius 1 is 1.30 bits per heavy atom. The van der Waals surface area contributed by atoms with Crippen molar-refractivity contribution in [1.29, 1.82) is 0 Å². The summed E-state index contributed by atoms with van der Waals surface area (Å²) < 4.78 is 11.4. The van der Waals surface area contributed by atoms with E-state index >= 15 is 0 Å². The van der Waals surface area contributed by atoms with Crippen LogP contribution >= 0.6 is 11.6 Å². The predicted molar refractivity (Wildman–Crippen MR) is 93.3 cm³/mol. The Hall–Kier alpha value is -2.18. The van der Waals surface area contributed by atoms with Crippen LogP contribution in [-0.4, -0.2) is 26.6 Å². The van der Waals surface area contributed by atoms with E-state index in [1.807, 2.05) is 24.3 Å². The number of aromatic nitrogens is 2. The summed E-state index contributed by atoms with van der Waals surface area (Å²) in [4.78, 5) is 12.4. The predicted octanol–water partition coefficient (Wildman–Crippen LogP) is 3.35. The summed E-state index contributed by atoms with van der Waals surface area (Å²) in [7, 11) is -1.01. The van der Waals surface area contributed by atoms with Crippen LogP contribution < -0.4 is 5.32 Å². The van der Waals surface area contributed by atoms with E-state index < -0.39 is 10.8 Å². The Kier molecular flexibility index (Phi) is 4.45. The summed E-state index contributed by atoms with van der Waals surface area (Å²) in [5, 5.41) is 11.0. The molecule has 5 nitrogen and oxygen atoms in total. The molecule has 0 spiro atoms. The van der Waals surface area contributed by atoms with Crippen LogP contribution in [0.5, 0.6) is 0 Å². The summed E-state index contributed by atoms with van der Waals surface area (Å²) >= 11 is 6.09. The van der Waals surface area contributed by atoms with Crippen molar-refractivity contribution in [3.63, 3.8) is 0 Å². The second-order valence-electron chi connectivity index (χ2n) is 5.10. The summed E-state index contributed by atoms with van der Waals surface area (Å²) in [5.41, 5.74) is 2.45. The van der Waals surface area contributed by atoms with Crippen LogP contribution in [0.2, 0.25) is 5.02 Å². The summed E-state index contributed by atoms with van der Waals surface area (Å²) in [6.45, 7) is 0. The molecule has 1 heterocycles. The van der Waals surface area contributed by atoms with Gasteiger partial charge < -0.3 is 5.32 Å². The van der Waals surface area contributed by atoms with E-state index in [0.717, 1.165) is 16.5 Å². The molecule has 0 aliphatic heterocycles. The van der Waals surface area contributed by atoms with Crippen LogP contribution in [0, 0.1) is 0 Å². The molecule has 0 unspecified atom stereocenters. The molecule has 23 heavy (non-hydrogen) atoms. The van der Waals surface area contributed by atoms with E-state index in [4.69, 9.17) is 11.6 Å². The third-order valence-electron chi connectivity index (χ3n) is 3.35. The fourth-order valence-corrected chi connectivity index (χ4v) is 3.25. The minimum atomic E-state index is -1.01. The van der Waals surface area contributed by atoms with Gasteiger partial charge in [-0.1, -0.05) is 29.8 Å². The molecule has 2 aromatic carbocycles. The van der Waals surface area contributed by atoms with Crippen LogP contribution in [-0.2, 0) is 16.6 Å². The molecule has 118 valence electrons. The van der Waals surface area contributed by atoms with Crippen molar-refractivity contribution in [2.45, 2.75) is 5.75 Å². The zero-order valence-electron chi connectivity index (χ0n) is 12.3. The van der Waals surface area contributed by atoms with Crippen molar-refractivity contribution < 1.29 is 9.00 Å². The molecule has 3 aromatic rings. The molecule has 1 aromatic heterocycles. The summed E-state index contributed by atoms with van der Waals surface area (Å²) in [6, 6.07) is 12.5. The zero-order valence-corrected chi connectivity index (χ0v) is 13.9. The molecular weight excluding hydrogens is 334 g/mol. The van der Waals surface area contributed by atoms with Gasteiger partial charge in [-0.25, -0.2) is 0 Å². The van der Waals surface area contributed by atoms with E-state index in [2.05, 4.69) is 15.5 Å². The molecule has 0 radical (unpaired) electrons. The number of nitrogens with one attached hydrogen (secondary N) is 2. The van der Waals surface area contributed by atoms with Gasteiger partial charge in [0.05, 0.1) is 5.52 Å². The van der Waals surface area contributed by atoms with Crippen molar-refractivity contribution in [3.05, 3.63) is 58.7 Å². The van der Waals surface area contributed by atoms with Crippen molar-refractivity contribution in [1.82, 2.24) is 10.2 Å². The van der Waals surface area contributed by atoms with Gasteiger partial charge >= 0.3 is 0 Å². The molecule has 1 amide bonds. The zero-order chi connectivity index (χ0) is 16.4. The number of benzene rings is 2. The molecule has 0 saturated heterocycles. The minimum absolute atomic E-state index is 0.312. The molecular formula is C16H14ClN3O2S. The van der Waals surface area contributed by atoms with Crippen molar-refractivity contribution in [3.8, 4) is 0 Å². The summed E-state index contributed by atoms with van der Waals surface area (Å²) in [5.74, 6) is 0.0294. The Bertz CT molecular complexity index is 907. The van der Waals surface area contributed by atoms with Crippen LogP contribution in [0.4, 0.5) is 5.69 Å². The number of fused-ring (bicyclic) bond motifs is 1. The van der Waals surface area contributed by atoms with E-state index in [9.17, 15) is 9.00 Å². The molecule has 0 saturated carbocycles. The number of rotatable bonds is 4. The highest BCUT2D eigenvalue weighted by molar-refractivity contribution is 7.83. The molecule has 0 bridgehead atoms. The van der Waals surface area contributed by atoms with Gasteiger partial charge in [-0.2, -0.15) is 5.10 Å². The number of aromatic amines is 1. The maximum Gasteiger partial charge on any atom is 0.276 e. The maximum absolute atomic E-state index is 12.4. The van der Waals surface area contributed by atoms with Crippen LogP contribution in [0.1, 0.15) is 16.1 Å². The van der Waals surface area contributed by atoms with Gasteiger partial charge in [0.25, 0.3) is 5.91 Å². The third kappa shape index (κ3) is 3.43. The quantitative estimate of drug-likeness (QED) is 0.760. The minimum Gasteiger partial charge on any atom is -0.321 e. The average molecular weight is 348 g/mol. The van der Waals surface area contributed by atoms with Gasteiger partial charge in [0.1, 0.15) is 0 Å². The fourth-order valence-electron chi connectivity index (χ4n) is 2.31. The summed E-state index contributed by atoms with van der Waals surface area (Å²) in [6.07, 6.45) is 1.61. The Balaban J connectivity index is 1.87. The molecule has 1 atom stereocenters. The highest BCUT2D eigenvalue weighted by atomic mass is 35.5. The van der Waals surface area contributed by atoms with Crippen molar-refractivity contribution >= 4 is 44.9 Å². The monoisotopic (exact) mass is 347 g/mol. The highest BCUT2D eigenvalue weighted by Crippen LogP contribution is 2.23. The number of hydrogen-bond donors (Lipinski definition) is 2. The van der Waals surface area contributed by atoms with Gasteiger partial charge in [-0.15, -0.1) is 0 Å². The molecule has 3 rings (SSSR count). The van der Waals surface area contributed by atoms with Gasteiger partial charge in [-0.3, -0.25) is 14.1 Å². The number of amides is 1. The maximum atomic E-state index is 12.4. The van der Waals surface area contributed by atoms with E-state index in [1.165, 1.54) is 0 Å². The van der Waals surface area contributed by atoms with E-state index in [1.54, 1.807) is 24.5 Å². The third-order valence-corrected chi connectivity index (χ3v) is 4.43. The number of hydrogen-bond acceptors (Lipinski definition) is 3. The van der Waals surface area contributed by atoms with E-state index in [-0.39, 0.29) is 5.91 Å². The lowest BCUT2D eigenvalue weighted by atomic mass is 10.2. The lowest BCUT2D eigenvalue weighted by Crippen LogP contribution is -2.13. The Morgan fingerprint density at radius 3 is 2.87 bits per heavy atom. The molecule has 0 fully saturated rings. The first kappa shape index (κ1) is 15.7. The first-order valence-electron chi connectivity index (χ1n) is 6.87. The van der Waals surface area contributed by atoms with Gasteiger partial charge in [0, 0.05) is 38.9 Å². The Labute approximate surface area is 140 Å². The first-order valence-corrected chi connectivity index (χ1v) is 8.98. The first-order chi connectivity index (χ1) is 11.0. The highest BCUT2D eigenvalue weighted by Gasteiger charge is 2.14. The number of carbonyl (C=O) groups is 1. The fraction of sp³-hybridized carbons (Fsp3) is 0.125. The lowest BCUT2D eigenvalue weighted by Gasteiger charge is -2.08. The van der Waals surface area contributed by atoms with Crippen molar-refractivity contribution in [2.75, 3.05) is 11.6 Å². The van der Waals surface area contributed by atoms with Crippen LogP contribution in [0.3, 0.4) is 0 Å². The average Bonchev–Trinajstić information content (AvgIpc) is 2.94. The largest absolute Gasteiger partial charge is 0.321 e. The van der Waals surface area contributed by atoms with Crippen LogP contribution in [0.15, 0.2) is 42.5 Å². The Morgan fingerprint density at radius 2 is 2.09 bits per heavy atom. The second kappa shape index (κ2) is 6.52. The van der Waals surface area contributed by atoms with Crippen LogP contribution in [0.25, 0.3) is 10.9 Å². The standard InChI is InChI=1S/C16H14ClN3O2S/c1-23(22)9-10-8-11(6-7-13(10)17)18-16(21)15-12-4-2-3-5-14(12)19-20-15/h2-8H,9H2,1H3,(H,18,21)(H,19,20)/t23-/m1/s1. The number of H-pyrrole nitrogens is 1.